The summed E-state index contributed by atoms with van der Waals surface area (Å²) in [7, 11) is -4.08. The third-order valence-corrected chi connectivity index (χ3v) is 6.96. The zero-order chi connectivity index (χ0) is 20.5. The fourth-order valence-corrected chi connectivity index (χ4v) is 4.73. The number of piperazine rings is 1. The fraction of sp³-hybridized carbons (Fsp3) is 0.235. The first-order chi connectivity index (χ1) is 13.2. The van der Waals surface area contributed by atoms with Crippen LogP contribution in [0.3, 0.4) is 0 Å². The Balaban J connectivity index is 1.75. The molecule has 1 fully saturated rings. The molecule has 2 aromatic carbocycles. The van der Waals surface area contributed by atoms with E-state index in [-0.39, 0.29) is 41.1 Å². The standard InChI is InChI=1S/C17H15BrFN3O5S/c18-13-6-5-12(11-14(13)19)17(23)20-7-9-21(10-8-20)28(26,27)16-4-2-1-3-15(16)22(24)25/h1-6,11H,7-10H2. The number of amides is 1. The first-order valence-electron chi connectivity index (χ1n) is 8.19. The predicted octanol–water partition coefficient (Wildman–Crippen LogP) is 2.64. The van der Waals surface area contributed by atoms with Gasteiger partial charge < -0.3 is 4.90 Å². The molecule has 3 rings (SSSR count). The van der Waals surface area contributed by atoms with Crippen molar-refractivity contribution in [2.75, 3.05) is 26.2 Å². The summed E-state index contributed by atoms with van der Waals surface area (Å²) in [6.07, 6.45) is 0. The first-order valence-corrected chi connectivity index (χ1v) is 10.4. The van der Waals surface area contributed by atoms with E-state index in [2.05, 4.69) is 15.9 Å². The number of halogens is 2. The summed E-state index contributed by atoms with van der Waals surface area (Å²) < 4.78 is 40.6. The molecule has 0 aromatic heterocycles. The highest BCUT2D eigenvalue weighted by Crippen LogP contribution is 2.27. The molecule has 0 bridgehead atoms. The van der Waals surface area contributed by atoms with Gasteiger partial charge in [0, 0.05) is 37.8 Å². The molecule has 0 radical (unpaired) electrons. The van der Waals surface area contributed by atoms with Crippen molar-refractivity contribution in [1.82, 2.24) is 9.21 Å². The fourth-order valence-electron chi connectivity index (χ4n) is 2.91. The van der Waals surface area contributed by atoms with Gasteiger partial charge in [-0.1, -0.05) is 12.1 Å². The van der Waals surface area contributed by atoms with Gasteiger partial charge in [-0.2, -0.15) is 4.31 Å². The third kappa shape index (κ3) is 3.91. The molecule has 11 heteroatoms. The molecular formula is C17H15BrFN3O5S. The molecular weight excluding hydrogens is 457 g/mol. The minimum absolute atomic E-state index is 0.0147. The third-order valence-electron chi connectivity index (χ3n) is 4.37. The summed E-state index contributed by atoms with van der Waals surface area (Å²) in [4.78, 5) is 24.0. The van der Waals surface area contributed by atoms with Gasteiger partial charge in [-0.05, 0) is 40.2 Å². The van der Waals surface area contributed by atoms with E-state index in [1.165, 1.54) is 35.2 Å². The van der Waals surface area contributed by atoms with E-state index in [0.29, 0.717) is 0 Å². The predicted molar refractivity (Wildman–Crippen MR) is 102 cm³/mol. The van der Waals surface area contributed by atoms with Gasteiger partial charge in [-0.25, -0.2) is 12.8 Å². The SMILES string of the molecule is O=C(c1ccc(Br)c(F)c1)N1CCN(S(=O)(=O)c2ccccc2[N+](=O)[O-])CC1. The van der Waals surface area contributed by atoms with Gasteiger partial charge in [0.15, 0.2) is 4.90 Å². The molecule has 1 saturated heterocycles. The van der Waals surface area contributed by atoms with Crippen molar-refractivity contribution in [2.45, 2.75) is 4.90 Å². The Bertz CT molecular complexity index is 1040. The number of carbonyl (C=O) groups excluding carboxylic acids is 1. The molecule has 28 heavy (non-hydrogen) atoms. The van der Waals surface area contributed by atoms with Crippen LogP contribution >= 0.6 is 15.9 Å². The lowest BCUT2D eigenvalue weighted by atomic mass is 10.2. The van der Waals surface area contributed by atoms with Gasteiger partial charge in [0.05, 0.1) is 9.40 Å². The molecule has 1 heterocycles. The molecule has 148 valence electrons. The zero-order valence-corrected chi connectivity index (χ0v) is 16.8. The number of nitrogens with zero attached hydrogens (tertiary/aromatic N) is 3. The van der Waals surface area contributed by atoms with E-state index in [0.717, 1.165) is 16.4 Å². The average molecular weight is 472 g/mol. The van der Waals surface area contributed by atoms with Gasteiger partial charge in [-0.15, -0.1) is 0 Å². The van der Waals surface area contributed by atoms with Crippen LogP contribution in [0, 0.1) is 15.9 Å². The lowest BCUT2D eigenvalue weighted by Gasteiger charge is -2.34. The Morgan fingerprint density at radius 3 is 2.36 bits per heavy atom. The van der Waals surface area contributed by atoms with Crippen molar-refractivity contribution >= 4 is 37.5 Å². The van der Waals surface area contributed by atoms with E-state index in [9.17, 15) is 27.7 Å². The quantitative estimate of drug-likeness (QED) is 0.503. The van der Waals surface area contributed by atoms with Gasteiger partial charge in [0.25, 0.3) is 11.6 Å². The van der Waals surface area contributed by atoms with Crippen LogP contribution < -0.4 is 0 Å². The maximum Gasteiger partial charge on any atom is 0.289 e. The van der Waals surface area contributed by atoms with Gasteiger partial charge in [0.2, 0.25) is 10.0 Å². The van der Waals surface area contributed by atoms with Crippen LogP contribution in [0.4, 0.5) is 10.1 Å². The number of carbonyl (C=O) groups is 1. The maximum absolute atomic E-state index is 13.7. The molecule has 1 aliphatic heterocycles. The molecule has 1 aliphatic rings. The topological polar surface area (TPSA) is 101 Å². The summed E-state index contributed by atoms with van der Waals surface area (Å²) in [6.45, 7) is 0.158. The summed E-state index contributed by atoms with van der Waals surface area (Å²) >= 11 is 3.02. The van der Waals surface area contributed by atoms with E-state index in [4.69, 9.17) is 0 Å². The van der Waals surface area contributed by atoms with Crippen LogP contribution in [-0.4, -0.2) is 54.6 Å². The van der Waals surface area contributed by atoms with Gasteiger partial charge >= 0.3 is 0 Å². The number of para-hydroxylation sites is 1. The van der Waals surface area contributed by atoms with Crippen molar-refractivity contribution in [1.29, 1.82) is 0 Å². The minimum atomic E-state index is -4.08. The number of sulfonamides is 1. The Morgan fingerprint density at radius 1 is 1.11 bits per heavy atom. The van der Waals surface area contributed by atoms with E-state index in [1.807, 2.05) is 0 Å². The van der Waals surface area contributed by atoms with Crippen molar-refractivity contribution in [3.05, 3.63) is 68.4 Å². The molecule has 8 nitrogen and oxygen atoms in total. The van der Waals surface area contributed by atoms with Crippen LogP contribution in [0.25, 0.3) is 0 Å². The number of nitro benzene ring substituents is 1. The number of rotatable bonds is 4. The van der Waals surface area contributed by atoms with Crippen LogP contribution in [-0.2, 0) is 10.0 Å². The number of nitro groups is 1. The smallest absolute Gasteiger partial charge is 0.289 e. The Morgan fingerprint density at radius 2 is 1.75 bits per heavy atom. The van der Waals surface area contributed by atoms with Crippen LogP contribution in [0.1, 0.15) is 10.4 Å². The highest BCUT2D eigenvalue weighted by molar-refractivity contribution is 9.10. The van der Waals surface area contributed by atoms with Crippen LogP contribution in [0.15, 0.2) is 51.8 Å². The molecule has 0 unspecified atom stereocenters. The summed E-state index contributed by atoms with van der Waals surface area (Å²) in [5.41, 5.74) is -0.331. The highest BCUT2D eigenvalue weighted by atomic mass is 79.9. The van der Waals surface area contributed by atoms with Crippen LogP contribution in [0.5, 0.6) is 0 Å². The Hall–Kier alpha value is -2.37. The van der Waals surface area contributed by atoms with Crippen molar-refractivity contribution < 1.29 is 22.5 Å². The lowest BCUT2D eigenvalue weighted by Crippen LogP contribution is -2.50. The average Bonchev–Trinajstić information content (AvgIpc) is 2.69. The number of hydrogen-bond donors (Lipinski definition) is 0. The van der Waals surface area contributed by atoms with E-state index >= 15 is 0 Å². The summed E-state index contributed by atoms with van der Waals surface area (Å²) in [6, 6.07) is 9.16. The van der Waals surface area contributed by atoms with E-state index in [1.54, 1.807) is 0 Å². The number of hydrogen-bond acceptors (Lipinski definition) is 5. The van der Waals surface area contributed by atoms with Crippen molar-refractivity contribution in [2.24, 2.45) is 0 Å². The molecule has 0 atom stereocenters. The first kappa shape index (κ1) is 20.4. The Kier molecular flexibility index (Phi) is 5.77. The second-order valence-corrected chi connectivity index (χ2v) is 8.81. The number of benzene rings is 2. The van der Waals surface area contributed by atoms with Crippen LogP contribution in [0.2, 0.25) is 0 Å². The summed E-state index contributed by atoms with van der Waals surface area (Å²) in [5, 5.41) is 11.1. The second kappa shape index (κ2) is 7.94. The minimum Gasteiger partial charge on any atom is -0.336 e. The largest absolute Gasteiger partial charge is 0.336 e. The molecule has 2 aromatic rings. The normalized spacial score (nSPS) is 15.4. The second-order valence-electron chi connectivity index (χ2n) is 6.05. The Labute approximate surface area is 168 Å². The van der Waals surface area contributed by atoms with Crippen molar-refractivity contribution in [3.63, 3.8) is 0 Å². The lowest BCUT2D eigenvalue weighted by molar-refractivity contribution is -0.387. The molecule has 0 spiro atoms. The molecule has 0 saturated carbocycles. The van der Waals surface area contributed by atoms with Gasteiger partial charge in [-0.3, -0.25) is 14.9 Å². The molecule has 1 amide bonds. The molecule has 0 aliphatic carbocycles. The highest BCUT2D eigenvalue weighted by Gasteiger charge is 2.34. The zero-order valence-electron chi connectivity index (χ0n) is 14.4. The van der Waals surface area contributed by atoms with Crippen molar-refractivity contribution in [3.8, 4) is 0 Å². The summed E-state index contributed by atoms with van der Waals surface area (Å²) in [5.74, 6) is -0.974. The van der Waals surface area contributed by atoms with Gasteiger partial charge in [0.1, 0.15) is 5.82 Å². The molecule has 0 N–H and O–H groups in total. The van der Waals surface area contributed by atoms with E-state index < -0.39 is 32.4 Å². The maximum atomic E-state index is 13.7. The monoisotopic (exact) mass is 471 g/mol.